The van der Waals surface area contributed by atoms with E-state index in [-0.39, 0.29) is 21.1 Å². The van der Waals surface area contributed by atoms with Crippen LogP contribution in [0, 0.1) is 12.1 Å². The predicted molar refractivity (Wildman–Crippen MR) is 327 cm³/mol. The van der Waals surface area contributed by atoms with Gasteiger partial charge in [0.15, 0.2) is 0 Å². The number of hydrogen-bond acceptors (Lipinski definition) is 6. The Balaban J connectivity index is 0.000000107. The Morgan fingerprint density at radius 1 is 0.294 bits per heavy atom. The van der Waals surface area contributed by atoms with E-state index >= 15 is 0 Å². The quantitative estimate of drug-likeness (QED) is 0.140. The van der Waals surface area contributed by atoms with Gasteiger partial charge in [0.25, 0.3) is 0 Å². The molecular weight excluding hydrogens is 1230 g/mol. The zero-order valence-electron chi connectivity index (χ0n) is 47.3. The van der Waals surface area contributed by atoms with Crippen molar-refractivity contribution >= 4 is 12.2 Å². The molecule has 12 aromatic rings. The van der Waals surface area contributed by atoms with E-state index in [1.54, 1.807) is 0 Å². The molecule has 6 aromatic heterocycles. The number of benzene rings is 6. The van der Waals surface area contributed by atoms with E-state index in [2.05, 4.69) is 210 Å². The predicted octanol–water partition coefficient (Wildman–Crippen LogP) is 12.1. The van der Waals surface area contributed by atoms with Crippen molar-refractivity contribution in [3.8, 4) is 34.1 Å². The van der Waals surface area contributed by atoms with E-state index in [1.807, 2.05) is 12.1 Å². The van der Waals surface area contributed by atoms with Crippen molar-refractivity contribution in [1.82, 2.24) is 58.7 Å². The van der Waals surface area contributed by atoms with Crippen LogP contribution in [0.25, 0.3) is 46.3 Å². The minimum absolute atomic E-state index is 0. The molecule has 6 aromatic carbocycles. The van der Waals surface area contributed by atoms with Crippen LogP contribution in [0.4, 0.5) is 0 Å². The summed E-state index contributed by atoms with van der Waals surface area (Å²) in [7, 11) is 0. The summed E-state index contributed by atoms with van der Waals surface area (Å²) in [5, 5.41) is 29.2. The molecule has 0 bridgehead atoms. The molecule has 0 amide bonds. The monoisotopic (exact) mass is 1290 g/mol. The fraction of sp³-hybridized carbons (Fsp3) is 0.222. The molecule has 6 aliphatic heterocycles. The molecule has 0 spiro atoms. The summed E-state index contributed by atoms with van der Waals surface area (Å²) in [6.45, 7) is 0. The minimum atomic E-state index is 0. The second-order valence-electron chi connectivity index (χ2n) is 23.0. The van der Waals surface area contributed by atoms with Crippen LogP contribution < -0.4 is 0 Å². The normalized spacial score (nSPS) is 14.1. The number of rotatable bonds is 8. The van der Waals surface area contributed by atoms with Gasteiger partial charge in [-0.05, 0) is 196 Å². The maximum atomic E-state index is 4.91. The molecule has 420 valence electrons. The van der Waals surface area contributed by atoms with Gasteiger partial charge in [-0.25, -0.2) is 18.7 Å². The SMILES string of the molecule is C(=C/c1cc2n(n1)-c1ccccc1CC2)/c1cc2n(n1)-c1ccccc1CC2.[Pt+2].[c-]1cccc2c1-n1nc(CCc3cc4n(n3)-c3[c-]cccc3CC4)cc1CC2.c1ccc2c(c1)CCc1cc(CCc3cc4n(n3)-c3ccccc3CC4)nn1-2. The summed E-state index contributed by atoms with van der Waals surface area (Å²) < 4.78 is 12.6. The Kier molecular flexibility index (Phi) is 14.0. The van der Waals surface area contributed by atoms with Crippen molar-refractivity contribution in [3.05, 3.63) is 284 Å². The first-order valence-corrected chi connectivity index (χ1v) is 30.1. The zero-order chi connectivity index (χ0) is 55.5. The first-order valence-electron chi connectivity index (χ1n) is 30.1. The third-order valence-corrected chi connectivity index (χ3v) is 17.7. The fourth-order valence-corrected chi connectivity index (χ4v) is 13.4. The molecule has 0 saturated heterocycles. The molecule has 0 radical (unpaired) electrons. The Morgan fingerprint density at radius 2 is 0.565 bits per heavy atom. The first kappa shape index (κ1) is 52.8. The van der Waals surface area contributed by atoms with Gasteiger partial charge in [-0.1, -0.05) is 85.6 Å². The number of hydrogen-bond donors (Lipinski definition) is 0. The first-order chi connectivity index (χ1) is 41.5. The molecule has 0 fully saturated rings. The molecule has 0 saturated carbocycles. The Morgan fingerprint density at radius 3 is 0.918 bits per heavy atom. The van der Waals surface area contributed by atoms with E-state index < -0.39 is 0 Å². The Labute approximate surface area is 509 Å². The van der Waals surface area contributed by atoms with Gasteiger partial charge in [0.1, 0.15) is 0 Å². The molecule has 12 nitrogen and oxygen atoms in total. The Hall–Kier alpha value is -8.99. The number of para-hydroxylation sites is 6. The molecular formula is C72H62N12Pt. The number of aryl methyl sites for hydroxylation is 16. The molecule has 12 heterocycles. The summed E-state index contributed by atoms with van der Waals surface area (Å²) in [5.41, 5.74) is 29.7. The van der Waals surface area contributed by atoms with Gasteiger partial charge < -0.3 is 0 Å². The molecule has 13 heteroatoms. The summed E-state index contributed by atoms with van der Waals surface area (Å²) in [6, 6.07) is 66.9. The van der Waals surface area contributed by atoms with Gasteiger partial charge in [-0.3, -0.25) is 9.36 Å². The molecule has 18 rings (SSSR count). The van der Waals surface area contributed by atoms with Gasteiger partial charge >= 0.3 is 21.1 Å². The van der Waals surface area contributed by atoms with E-state index in [4.69, 9.17) is 30.6 Å². The van der Waals surface area contributed by atoms with Gasteiger partial charge in [0, 0.05) is 34.2 Å². The Bertz CT molecular complexity index is 4030. The van der Waals surface area contributed by atoms with Gasteiger partial charge in [-0.2, -0.15) is 79.1 Å². The smallest absolute Gasteiger partial charge is 0.262 e. The average molecular weight is 1290 g/mol. The van der Waals surface area contributed by atoms with Crippen LogP contribution in [-0.4, -0.2) is 58.7 Å². The third kappa shape index (κ3) is 10.2. The van der Waals surface area contributed by atoms with Crippen LogP contribution in [0.15, 0.2) is 170 Å². The number of fused-ring (bicyclic) bond motifs is 18. The molecule has 0 N–H and O–H groups in total. The van der Waals surface area contributed by atoms with Crippen molar-refractivity contribution in [2.24, 2.45) is 0 Å². The topological polar surface area (TPSA) is 107 Å². The van der Waals surface area contributed by atoms with Gasteiger partial charge in [0.05, 0.1) is 56.9 Å². The van der Waals surface area contributed by atoms with E-state index in [9.17, 15) is 0 Å². The second kappa shape index (κ2) is 22.5. The van der Waals surface area contributed by atoms with E-state index in [0.29, 0.717) is 0 Å². The van der Waals surface area contributed by atoms with Crippen molar-refractivity contribution in [2.45, 2.75) is 103 Å². The van der Waals surface area contributed by atoms with Crippen molar-refractivity contribution in [3.63, 3.8) is 0 Å². The standard InChI is InChI=1S/C24H22N4.2C24H20N4.Pt/c3*1-3-7-23-17(5-1)9-13-21-15-19(25-27(21)23)11-12-20-16-22-14-10-18-6-2-4-8-24(18)28(22)26-20;/h1-8,15-16H,9-14H2;1-6,15-16H,9-14H2;1-8,11-12,15-16H,9-10,13-14H2;/q;-2;;+2/b;;12-11-;. The number of aromatic nitrogens is 12. The van der Waals surface area contributed by atoms with Crippen LogP contribution in [-0.2, 0) is 124 Å². The number of nitrogens with zero attached hydrogens (tertiary/aromatic N) is 12. The minimum Gasteiger partial charge on any atom is -0.262 e. The third-order valence-electron chi connectivity index (χ3n) is 17.7. The van der Waals surface area contributed by atoms with Crippen LogP contribution in [0.2, 0.25) is 0 Å². The van der Waals surface area contributed by atoms with Crippen molar-refractivity contribution in [1.29, 1.82) is 0 Å². The van der Waals surface area contributed by atoms with E-state index in [0.717, 1.165) is 148 Å². The van der Waals surface area contributed by atoms with Gasteiger partial charge in [0.2, 0.25) is 0 Å². The molecule has 0 atom stereocenters. The van der Waals surface area contributed by atoms with Crippen LogP contribution in [0.3, 0.4) is 0 Å². The summed E-state index contributed by atoms with van der Waals surface area (Å²) >= 11 is 0. The molecule has 6 aliphatic rings. The second-order valence-corrected chi connectivity index (χ2v) is 23.0. The van der Waals surface area contributed by atoms with Crippen molar-refractivity contribution in [2.75, 3.05) is 0 Å². The van der Waals surface area contributed by atoms with E-state index in [1.165, 1.54) is 90.3 Å². The maximum absolute atomic E-state index is 4.91. The molecule has 85 heavy (non-hydrogen) atoms. The fourth-order valence-electron chi connectivity index (χ4n) is 13.4. The van der Waals surface area contributed by atoms with Gasteiger partial charge in [-0.15, -0.1) is 11.1 Å². The van der Waals surface area contributed by atoms with Crippen LogP contribution >= 0.6 is 0 Å². The molecule has 0 unspecified atom stereocenters. The summed E-state index contributed by atoms with van der Waals surface area (Å²) in [5.74, 6) is 0. The summed E-state index contributed by atoms with van der Waals surface area (Å²) in [4.78, 5) is 0. The van der Waals surface area contributed by atoms with Crippen LogP contribution in [0.1, 0.15) is 102 Å². The zero-order valence-corrected chi connectivity index (χ0v) is 49.6. The average Bonchev–Trinajstić information content (AvgIpc) is 4.46. The summed E-state index contributed by atoms with van der Waals surface area (Å²) in [6.07, 6.45) is 20.6. The van der Waals surface area contributed by atoms with Crippen LogP contribution in [0.5, 0.6) is 0 Å². The largest absolute Gasteiger partial charge is 2.00 e. The van der Waals surface area contributed by atoms with Crippen molar-refractivity contribution < 1.29 is 21.1 Å². The maximum Gasteiger partial charge on any atom is 2.00 e. The molecule has 0 aliphatic carbocycles.